The first-order valence-corrected chi connectivity index (χ1v) is 6.77. The van der Waals surface area contributed by atoms with Crippen molar-refractivity contribution in [2.45, 2.75) is 51.0 Å². The Balaban J connectivity index is 1.77. The summed E-state index contributed by atoms with van der Waals surface area (Å²) in [6, 6.07) is 0. The second-order valence-corrected chi connectivity index (χ2v) is 5.45. The largest absolute Gasteiger partial charge is 0.456 e. The molecule has 1 saturated carbocycles. The van der Waals surface area contributed by atoms with Crippen molar-refractivity contribution in [3.05, 3.63) is 0 Å². The first-order chi connectivity index (χ1) is 7.75. The number of piperidine rings is 1. The molecule has 1 heterocycles. The molecule has 2 atom stereocenters. The van der Waals surface area contributed by atoms with Gasteiger partial charge in [-0.15, -0.1) is 0 Å². The zero-order chi connectivity index (χ0) is 11.4. The molecule has 0 aromatic rings. The third-order valence-corrected chi connectivity index (χ3v) is 3.93. The van der Waals surface area contributed by atoms with E-state index in [0.29, 0.717) is 0 Å². The fourth-order valence-electron chi connectivity index (χ4n) is 2.92. The molecule has 0 bridgehead atoms. The van der Waals surface area contributed by atoms with Crippen LogP contribution in [0, 0.1) is 5.92 Å². The van der Waals surface area contributed by atoms with Crippen LogP contribution in [0.3, 0.4) is 0 Å². The zero-order valence-corrected chi connectivity index (χ0v) is 10.3. The molecule has 1 unspecified atom stereocenters. The normalized spacial score (nSPS) is 32.3. The maximum absolute atomic E-state index is 11.9. The lowest BCUT2D eigenvalue weighted by molar-refractivity contribution is -0.888. The summed E-state index contributed by atoms with van der Waals surface area (Å²) in [6.07, 6.45) is 8.24. The van der Waals surface area contributed by atoms with Gasteiger partial charge in [-0.3, -0.25) is 4.79 Å². The van der Waals surface area contributed by atoms with E-state index >= 15 is 0 Å². The molecule has 1 saturated heterocycles. The average Bonchev–Trinajstić information content (AvgIpc) is 2.30. The van der Waals surface area contributed by atoms with Crippen LogP contribution in [-0.2, 0) is 9.53 Å². The number of esters is 1. The molecule has 0 spiro atoms. The lowest BCUT2D eigenvalue weighted by Crippen LogP contribution is -3.11. The SMILES string of the molecule is C[NH+]1CCC[C@@H](OC(=O)C2CCCCC2)C1. The van der Waals surface area contributed by atoms with Gasteiger partial charge in [0.2, 0.25) is 0 Å². The van der Waals surface area contributed by atoms with Gasteiger partial charge < -0.3 is 9.64 Å². The minimum Gasteiger partial charge on any atom is -0.456 e. The van der Waals surface area contributed by atoms with Crippen molar-refractivity contribution >= 4 is 5.97 Å². The van der Waals surface area contributed by atoms with E-state index in [1.807, 2.05) is 0 Å². The third-order valence-electron chi connectivity index (χ3n) is 3.93. The van der Waals surface area contributed by atoms with Gasteiger partial charge in [0.15, 0.2) is 6.10 Å². The maximum atomic E-state index is 11.9. The molecular formula is C13H24NO2+. The molecule has 2 rings (SSSR count). The van der Waals surface area contributed by atoms with Crippen molar-refractivity contribution in [2.24, 2.45) is 5.92 Å². The number of nitrogens with one attached hydrogen (secondary N) is 1. The number of rotatable bonds is 2. The smallest absolute Gasteiger partial charge is 0.309 e. The topological polar surface area (TPSA) is 30.7 Å². The molecule has 3 nitrogen and oxygen atoms in total. The van der Waals surface area contributed by atoms with Gasteiger partial charge in [-0.05, 0) is 19.3 Å². The molecule has 0 aromatic carbocycles. The minimum atomic E-state index is 0.0828. The molecule has 3 heteroatoms. The Labute approximate surface area is 98.1 Å². The highest BCUT2D eigenvalue weighted by atomic mass is 16.5. The number of likely N-dealkylation sites (tertiary alicyclic amines) is 1. The van der Waals surface area contributed by atoms with Crippen LogP contribution < -0.4 is 4.90 Å². The molecule has 0 radical (unpaired) electrons. The number of carbonyl (C=O) groups excluding carboxylic acids is 1. The number of hydrogen-bond acceptors (Lipinski definition) is 2. The van der Waals surface area contributed by atoms with Crippen molar-refractivity contribution < 1.29 is 14.4 Å². The summed E-state index contributed by atoms with van der Waals surface area (Å²) in [5.41, 5.74) is 0. The highest BCUT2D eigenvalue weighted by Gasteiger charge is 2.28. The summed E-state index contributed by atoms with van der Waals surface area (Å²) >= 11 is 0. The molecule has 0 amide bonds. The molecule has 1 N–H and O–H groups in total. The Morgan fingerprint density at radius 2 is 1.88 bits per heavy atom. The highest BCUT2D eigenvalue weighted by molar-refractivity contribution is 5.72. The fraction of sp³-hybridized carbons (Fsp3) is 0.923. The Morgan fingerprint density at radius 3 is 2.56 bits per heavy atom. The quantitative estimate of drug-likeness (QED) is 0.706. The Hall–Kier alpha value is -0.570. The van der Waals surface area contributed by atoms with Gasteiger partial charge in [0.25, 0.3) is 0 Å². The van der Waals surface area contributed by atoms with E-state index in [9.17, 15) is 4.79 Å². The van der Waals surface area contributed by atoms with Crippen molar-refractivity contribution in [1.29, 1.82) is 0 Å². The minimum absolute atomic E-state index is 0.0828. The third kappa shape index (κ3) is 3.21. The van der Waals surface area contributed by atoms with Crippen molar-refractivity contribution in [1.82, 2.24) is 0 Å². The number of likely N-dealkylation sites (N-methyl/N-ethyl adjacent to an activating group) is 1. The summed E-state index contributed by atoms with van der Waals surface area (Å²) in [7, 11) is 2.18. The van der Waals surface area contributed by atoms with E-state index in [-0.39, 0.29) is 18.0 Å². The summed E-state index contributed by atoms with van der Waals surface area (Å²) in [5, 5.41) is 0. The molecular weight excluding hydrogens is 202 g/mol. The predicted molar refractivity (Wildman–Crippen MR) is 62.3 cm³/mol. The van der Waals surface area contributed by atoms with Gasteiger partial charge in [0.1, 0.15) is 6.54 Å². The van der Waals surface area contributed by atoms with E-state index in [2.05, 4.69) is 7.05 Å². The molecule has 92 valence electrons. The zero-order valence-electron chi connectivity index (χ0n) is 10.3. The van der Waals surface area contributed by atoms with Crippen LogP contribution in [0.25, 0.3) is 0 Å². The van der Waals surface area contributed by atoms with Crippen LogP contribution in [0.1, 0.15) is 44.9 Å². The van der Waals surface area contributed by atoms with Crippen LogP contribution in [0.5, 0.6) is 0 Å². The lowest BCUT2D eigenvalue weighted by atomic mass is 9.89. The van der Waals surface area contributed by atoms with E-state index in [4.69, 9.17) is 4.74 Å². The van der Waals surface area contributed by atoms with E-state index in [1.165, 1.54) is 37.1 Å². The Morgan fingerprint density at radius 1 is 1.12 bits per heavy atom. The van der Waals surface area contributed by atoms with Crippen molar-refractivity contribution in [3.63, 3.8) is 0 Å². The van der Waals surface area contributed by atoms with Crippen molar-refractivity contribution in [2.75, 3.05) is 20.1 Å². The van der Waals surface area contributed by atoms with E-state index in [0.717, 1.165) is 25.8 Å². The van der Waals surface area contributed by atoms with Crippen LogP contribution in [0.4, 0.5) is 0 Å². The first kappa shape index (κ1) is 11.9. The highest BCUT2D eigenvalue weighted by Crippen LogP contribution is 2.25. The second-order valence-electron chi connectivity index (χ2n) is 5.45. The van der Waals surface area contributed by atoms with E-state index in [1.54, 1.807) is 0 Å². The predicted octanol–water partition coefficient (Wildman–Crippen LogP) is 0.787. The molecule has 0 aromatic heterocycles. The summed E-state index contributed by atoms with van der Waals surface area (Å²) in [4.78, 5) is 13.4. The summed E-state index contributed by atoms with van der Waals surface area (Å²) in [5.74, 6) is 0.287. The Kier molecular flexibility index (Phi) is 4.22. The van der Waals surface area contributed by atoms with Crippen LogP contribution in [0.15, 0.2) is 0 Å². The number of hydrogen-bond donors (Lipinski definition) is 1. The van der Waals surface area contributed by atoms with Crippen LogP contribution in [-0.4, -0.2) is 32.2 Å². The van der Waals surface area contributed by atoms with Crippen molar-refractivity contribution in [3.8, 4) is 0 Å². The molecule has 1 aliphatic carbocycles. The standard InChI is InChI=1S/C13H23NO2/c1-14-9-5-8-12(10-14)16-13(15)11-6-3-2-4-7-11/h11-12H,2-10H2,1H3/p+1/t12-/m1/s1. The molecule has 2 aliphatic rings. The van der Waals surface area contributed by atoms with Gasteiger partial charge in [-0.2, -0.15) is 0 Å². The van der Waals surface area contributed by atoms with Gasteiger partial charge in [0.05, 0.1) is 19.5 Å². The van der Waals surface area contributed by atoms with Crippen LogP contribution >= 0.6 is 0 Å². The number of quaternary nitrogens is 1. The summed E-state index contributed by atoms with van der Waals surface area (Å²) in [6.45, 7) is 2.22. The summed E-state index contributed by atoms with van der Waals surface area (Å²) < 4.78 is 5.64. The second kappa shape index (κ2) is 5.67. The average molecular weight is 226 g/mol. The monoisotopic (exact) mass is 226 g/mol. The number of ether oxygens (including phenoxy) is 1. The maximum Gasteiger partial charge on any atom is 0.309 e. The molecule has 1 aliphatic heterocycles. The van der Waals surface area contributed by atoms with Gasteiger partial charge in [0, 0.05) is 6.42 Å². The molecule has 2 fully saturated rings. The first-order valence-electron chi connectivity index (χ1n) is 6.77. The van der Waals surface area contributed by atoms with Gasteiger partial charge >= 0.3 is 5.97 Å². The molecule has 16 heavy (non-hydrogen) atoms. The van der Waals surface area contributed by atoms with Gasteiger partial charge in [-0.25, -0.2) is 0 Å². The Bertz CT molecular complexity index is 236. The lowest BCUT2D eigenvalue weighted by Gasteiger charge is -2.28. The van der Waals surface area contributed by atoms with E-state index < -0.39 is 0 Å². The van der Waals surface area contributed by atoms with Crippen LogP contribution in [0.2, 0.25) is 0 Å². The number of carbonyl (C=O) groups is 1. The van der Waals surface area contributed by atoms with Gasteiger partial charge in [-0.1, -0.05) is 19.3 Å². The fourth-order valence-corrected chi connectivity index (χ4v) is 2.92.